The summed E-state index contributed by atoms with van der Waals surface area (Å²) in [6.07, 6.45) is 7.70. The topological polar surface area (TPSA) is 21.3 Å². The molecule has 1 spiro atoms. The monoisotopic (exact) mass is 211 g/mol. The van der Waals surface area contributed by atoms with Gasteiger partial charge in [-0.2, -0.15) is 0 Å². The molecule has 2 heteroatoms. The molecule has 1 N–H and O–H groups in total. The SMILES string of the molecule is CCC1(CC)CNCC2(CCCC2)OC1. The van der Waals surface area contributed by atoms with Crippen molar-refractivity contribution in [1.29, 1.82) is 0 Å². The fraction of sp³-hybridized carbons (Fsp3) is 1.00. The van der Waals surface area contributed by atoms with Gasteiger partial charge < -0.3 is 10.1 Å². The maximum absolute atomic E-state index is 6.29. The van der Waals surface area contributed by atoms with E-state index in [1.165, 1.54) is 38.5 Å². The van der Waals surface area contributed by atoms with Crippen LogP contribution in [0.2, 0.25) is 0 Å². The Kier molecular flexibility index (Phi) is 3.36. The van der Waals surface area contributed by atoms with Crippen molar-refractivity contribution in [3.63, 3.8) is 0 Å². The Labute approximate surface area is 93.8 Å². The summed E-state index contributed by atoms with van der Waals surface area (Å²) >= 11 is 0. The Morgan fingerprint density at radius 2 is 1.73 bits per heavy atom. The van der Waals surface area contributed by atoms with Gasteiger partial charge in [0.05, 0.1) is 12.2 Å². The molecule has 0 bridgehead atoms. The molecule has 0 aromatic carbocycles. The average molecular weight is 211 g/mol. The molecular formula is C13H25NO. The zero-order chi connectivity index (χ0) is 10.8. The summed E-state index contributed by atoms with van der Waals surface area (Å²) in [5, 5.41) is 3.65. The van der Waals surface area contributed by atoms with Crippen LogP contribution in [0.3, 0.4) is 0 Å². The molecule has 88 valence electrons. The lowest BCUT2D eigenvalue weighted by Crippen LogP contribution is -2.38. The molecule has 2 fully saturated rings. The van der Waals surface area contributed by atoms with Gasteiger partial charge in [0.1, 0.15) is 0 Å². The molecule has 2 rings (SSSR count). The van der Waals surface area contributed by atoms with Gasteiger partial charge in [-0.05, 0) is 25.7 Å². The van der Waals surface area contributed by atoms with Crippen molar-refractivity contribution in [2.75, 3.05) is 19.7 Å². The zero-order valence-electron chi connectivity index (χ0n) is 10.3. The number of hydrogen-bond donors (Lipinski definition) is 1. The van der Waals surface area contributed by atoms with Gasteiger partial charge in [0.2, 0.25) is 0 Å². The summed E-state index contributed by atoms with van der Waals surface area (Å²) in [7, 11) is 0. The van der Waals surface area contributed by atoms with Gasteiger partial charge in [0, 0.05) is 18.5 Å². The molecule has 1 heterocycles. The van der Waals surface area contributed by atoms with Gasteiger partial charge >= 0.3 is 0 Å². The molecule has 1 aliphatic heterocycles. The molecule has 0 atom stereocenters. The molecule has 1 saturated heterocycles. The Balaban J connectivity index is 2.02. The highest BCUT2D eigenvalue weighted by atomic mass is 16.5. The predicted molar refractivity (Wildman–Crippen MR) is 63.0 cm³/mol. The van der Waals surface area contributed by atoms with E-state index in [9.17, 15) is 0 Å². The van der Waals surface area contributed by atoms with Crippen molar-refractivity contribution < 1.29 is 4.74 Å². The van der Waals surface area contributed by atoms with Crippen LogP contribution < -0.4 is 5.32 Å². The third-order valence-electron chi connectivity index (χ3n) is 4.65. The normalized spacial score (nSPS) is 29.2. The van der Waals surface area contributed by atoms with E-state index < -0.39 is 0 Å². The lowest BCUT2D eigenvalue weighted by molar-refractivity contribution is -0.0606. The Morgan fingerprint density at radius 1 is 1.07 bits per heavy atom. The number of rotatable bonds is 2. The van der Waals surface area contributed by atoms with Gasteiger partial charge in [-0.1, -0.05) is 26.7 Å². The highest BCUT2D eigenvalue weighted by Crippen LogP contribution is 2.38. The van der Waals surface area contributed by atoms with E-state index in [1.807, 2.05) is 0 Å². The van der Waals surface area contributed by atoms with E-state index >= 15 is 0 Å². The second kappa shape index (κ2) is 4.42. The van der Waals surface area contributed by atoms with Gasteiger partial charge in [-0.3, -0.25) is 0 Å². The minimum atomic E-state index is 0.200. The van der Waals surface area contributed by atoms with Crippen molar-refractivity contribution in [1.82, 2.24) is 5.32 Å². The van der Waals surface area contributed by atoms with Crippen LogP contribution in [0.15, 0.2) is 0 Å². The zero-order valence-corrected chi connectivity index (χ0v) is 10.3. The first-order chi connectivity index (χ1) is 7.24. The third kappa shape index (κ3) is 2.21. The van der Waals surface area contributed by atoms with Crippen LogP contribution in [0.1, 0.15) is 52.4 Å². The molecule has 2 aliphatic rings. The Morgan fingerprint density at radius 3 is 2.33 bits per heavy atom. The maximum atomic E-state index is 6.29. The first-order valence-corrected chi connectivity index (χ1v) is 6.59. The van der Waals surface area contributed by atoms with Gasteiger partial charge in [0.15, 0.2) is 0 Å². The van der Waals surface area contributed by atoms with Crippen molar-refractivity contribution in [3.8, 4) is 0 Å². The van der Waals surface area contributed by atoms with Crippen molar-refractivity contribution in [2.24, 2.45) is 5.41 Å². The second-order valence-electron chi connectivity index (χ2n) is 5.49. The summed E-state index contributed by atoms with van der Waals surface area (Å²) in [5.41, 5.74) is 0.595. The minimum Gasteiger partial charge on any atom is -0.373 e. The summed E-state index contributed by atoms with van der Waals surface area (Å²) in [6, 6.07) is 0. The van der Waals surface area contributed by atoms with Crippen LogP contribution in [0.25, 0.3) is 0 Å². The van der Waals surface area contributed by atoms with Crippen LogP contribution in [-0.2, 0) is 4.74 Å². The van der Waals surface area contributed by atoms with Crippen LogP contribution in [0.5, 0.6) is 0 Å². The van der Waals surface area contributed by atoms with Gasteiger partial charge in [-0.25, -0.2) is 0 Å². The maximum Gasteiger partial charge on any atom is 0.0806 e. The smallest absolute Gasteiger partial charge is 0.0806 e. The molecular weight excluding hydrogens is 186 g/mol. The standard InChI is InChI=1S/C13H25NO/c1-3-12(4-2)9-14-10-13(15-11-12)7-5-6-8-13/h14H,3-11H2,1-2H3. The fourth-order valence-corrected chi connectivity index (χ4v) is 3.01. The molecule has 1 saturated carbocycles. The molecule has 15 heavy (non-hydrogen) atoms. The van der Waals surface area contributed by atoms with E-state index in [1.54, 1.807) is 0 Å². The molecule has 0 aromatic rings. The van der Waals surface area contributed by atoms with E-state index in [0.717, 1.165) is 19.7 Å². The van der Waals surface area contributed by atoms with Crippen molar-refractivity contribution >= 4 is 0 Å². The summed E-state index contributed by atoms with van der Waals surface area (Å²) in [6.45, 7) is 7.77. The number of hydrogen-bond acceptors (Lipinski definition) is 2. The van der Waals surface area contributed by atoms with E-state index in [4.69, 9.17) is 4.74 Å². The Bertz CT molecular complexity index is 199. The van der Waals surface area contributed by atoms with E-state index in [-0.39, 0.29) is 5.60 Å². The fourth-order valence-electron chi connectivity index (χ4n) is 3.01. The molecule has 0 amide bonds. The van der Waals surface area contributed by atoms with Crippen molar-refractivity contribution in [2.45, 2.75) is 58.0 Å². The third-order valence-corrected chi connectivity index (χ3v) is 4.65. The van der Waals surface area contributed by atoms with E-state index in [0.29, 0.717) is 5.41 Å². The molecule has 2 nitrogen and oxygen atoms in total. The molecule has 0 radical (unpaired) electrons. The second-order valence-corrected chi connectivity index (χ2v) is 5.49. The quantitative estimate of drug-likeness (QED) is 0.758. The van der Waals surface area contributed by atoms with Crippen LogP contribution in [0.4, 0.5) is 0 Å². The van der Waals surface area contributed by atoms with E-state index in [2.05, 4.69) is 19.2 Å². The van der Waals surface area contributed by atoms with Crippen LogP contribution in [-0.4, -0.2) is 25.3 Å². The Hall–Kier alpha value is -0.0800. The van der Waals surface area contributed by atoms with Crippen LogP contribution in [0, 0.1) is 5.41 Å². The molecule has 1 aliphatic carbocycles. The highest BCUT2D eigenvalue weighted by molar-refractivity contribution is 4.93. The number of ether oxygens (including phenoxy) is 1. The first-order valence-electron chi connectivity index (χ1n) is 6.59. The first kappa shape index (κ1) is 11.4. The van der Waals surface area contributed by atoms with Gasteiger partial charge in [-0.15, -0.1) is 0 Å². The summed E-state index contributed by atoms with van der Waals surface area (Å²) in [4.78, 5) is 0. The minimum absolute atomic E-state index is 0.200. The highest BCUT2D eigenvalue weighted by Gasteiger charge is 2.40. The largest absolute Gasteiger partial charge is 0.373 e. The van der Waals surface area contributed by atoms with Crippen LogP contribution >= 0.6 is 0 Å². The van der Waals surface area contributed by atoms with Crippen molar-refractivity contribution in [3.05, 3.63) is 0 Å². The summed E-state index contributed by atoms with van der Waals surface area (Å²) in [5.74, 6) is 0. The predicted octanol–water partition coefficient (Wildman–Crippen LogP) is 2.73. The summed E-state index contributed by atoms with van der Waals surface area (Å²) < 4.78 is 6.29. The lowest BCUT2D eigenvalue weighted by atomic mass is 9.83. The average Bonchev–Trinajstić information content (AvgIpc) is 2.64. The molecule has 0 aromatic heterocycles. The van der Waals surface area contributed by atoms with Gasteiger partial charge in [0.25, 0.3) is 0 Å². The lowest BCUT2D eigenvalue weighted by Gasteiger charge is -2.31. The molecule has 0 unspecified atom stereocenters. The number of nitrogens with one attached hydrogen (secondary N) is 1.